The molecule has 5 heteroatoms. The number of benzene rings is 2. The van der Waals surface area contributed by atoms with E-state index in [4.69, 9.17) is 12.2 Å². The van der Waals surface area contributed by atoms with Gasteiger partial charge in [0.2, 0.25) is 0 Å². The van der Waals surface area contributed by atoms with Crippen LogP contribution in [-0.2, 0) is 6.54 Å². The highest BCUT2D eigenvalue weighted by molar-refractivity contribution is 9.10. The van der Waals surface area contributed by atoms with Crippen LogP contribution in [0.4, 0.5) is 5.69 Å². The number of aryl methyl sites for hydroxylation is 1. The summed E-state index contributed by atoms with van der Waals surface area (Å²) in [6.07, 6.45) is 2.24. The second-order valence-electron chi connectivity index (χ2n) is 6.60. The minimum Gasteiger partial charge on any atom is -0.360 e. The first-order valence-corrected chi connectivity index (χ1v) is 9.90. The molecule has 2 aromatic carbocycles. The molecule has 0 unspecified atom stereocenters. The number of likely N-dealkylation sites (tertiary alicyclic amines) is 1. The second kappa shape index (κ2) is 8.79. The van der Waals surface area contributed by atoms with Crippen LogP contribution in [0.25, 0.3) is 0 Å². The molecule has 132 valence electrons. The van der Waals surface area contributed by atoms with E-state index in [2.05, 4.69) is 74.8 Å². The molecule has 2 aromatic rings. The normalized spacial score (nSPS) is 15.8. The van der Waals surface area contributed by atoms with Crippen molar-refractivity contribution in [2.24, 2.45) is 0 Å². The fourth-order valence-corrected chi connectivity index (χ4v) is 3.68. The Bertz CT molecular complexity index is 712. The lowest BCUT2D eigenvalue weighted by molar-refractivity contribution is 0.199. The quantitative estimate of drug-likeness (QED) is 0.704. The van der Waals surface area contributed by atoms with Crippen molar-refractivity contribution in [1.82, 2.24) is 10.2 Å². The molecule has 1 heterocycles. The molecule has 0 amide bonds. The molecule has 3 rings (SSSR count). The van der Waals surface area contributed by atoms with Crippen LogP contribution in [-0.4, -0.2) is 29.1 Å². The van der Waals surface area contributed by atoms with E-state index in [9.17, 15) is 0 Å². The van der Waals surface area contributed by atoms with E-state index in [0.29, 0.717) is 11.2 Å². The maximum Gasteiger partial charge on any atom is 0.170 e. The molecular formula is C20H24BrN3S. The Labute approximate surface area is 163 Å². The lowest BCUT2D eigenvalue weighted by atomic mass is 10.0. The number of piperidine rings is 1. The number of rotatable bonds is 4. The van der Waals surface area contributed by atoms with Crippen LogP contribution >= 0.6 is 28.1 Å². The predicted molar refractivity (Wildman–Crippen MR) is 113 cm³/mol. The summed E-state index contributed by atoms with van der Waals surface area (Å²) in [7, 11) is 0. The van der Waals surface area contributed by atoms with Crippen LogP contribution in [0, 0.1) is 6.92 Å². The maximum atomic E-state index is 5.48. The monoisotopic (exact) mass is 417 g/mol. The third kappa shape index (κ3) is 5.53. The number of hydrogen-bond acceptors (Lipinski definition) is 2. The molecule has 1 saturated heterocycles. The first kappa shape index (κ1) is 18.4. The highest BCUT2D eigenvalue weighted by atomic mass is 79.9. The lowest BCUT2D eigenvalue weighted by Crippen LogP contribution is -2.45. The fraction of sp³-hybridized carbons (Fsp3) is 0.350. The molecule has 0 spiro atoms. The summed E-state index contributed by atoms with van der Waals surface area (Å²) in [5.41, 5.74) is 3.61. The van der Waals surface area contributed by atoms with Gasteiger partial charge in [-0.25, -0.2) is 0 Å². The van der Waals surface area contributed by atoms with Crippen molar-refractivity contribution in [3.63, 3.8) is 0 Å². The minimum atomic E-state index is 0.448. The zero-order valence-corrected chi connectivity index (χ0v) is 16.9. The highest BCUT2D eigenvalue weighted by Gasteiger charge is 2.19. The smallest absolute Gasteiger partial charge is 0.170 e. The Kier molecular flexibility index (Phi) is 6.45. The molecule has 0 bridgehead atoms. The number of nitrogens with zero attached hydrogens (tertiary/aromatic N) is 1. The second-order valence-corrected chi connectivity index (χ2v) is 7.86. The van der Waals surface area contributed by atoms with Gasteiger partial charge in [0.15, 0.2) is 5.11 Å². The number of thiocarbonyl (C=S) groups is 1. The van der Waals surface area contributed by atoms with E-state index in [1.807, 2.05) is 12.1 Å². The predicted octanol–water partition coefficient (Wildman–Crippen LogP) is 4.71. The van der Waals surface area contributed by atoms with Gasteiger partial charge in [-0.15, -0.1) is 0 Å². The van der Waals surface area contributed by atoms with E-state index in [1.165, 1.54) is 11.1 Å². The van der Waals surface area contributed by atoms with Gasteiger partial charge in [-0.1, -0.05) is 46.3 Å². The van der Waals surface area contributed by atoms with Gasteiger partial charge in [0, 0.05) is 35.8 Å². The zero-order chi connectivity index (χ0) is 17.6. The van der Waals surface area contributed by atoms with Crippen molar-refractivity contribution in [3.8, 4) is 0 Å². The van der Waals surface area contributed by atoms with Gasteiger partial charge in [-0.05, 0) is 61.3 Å². The molecule has 0 saturated carbocycles. The van der Waals surface area contributed by atoms with Crippen LogP contribution in [0.15, 0.2) is 53.0 Å². The minimum absolute atomic E-state index is 0.448. The van der Waals surface area contributed by atoms with E-state index < -0.39 is 0 Å². The summed E-state index contributed by atoms with van der Waals surface area (Å²) in [4.78, 5) is 2.52. The van der Waals surface area contributed by atoms with Crippen molar-refractivity contribution in [1.29, 1.82) is 0 Å². The lowest BCUT2D eigenvalue weighted by Gasteiger charge is -2.33. The van der Waals surface area contributed by atoms with Crippen LogP contribution in [0.1, 0.15) is 24.0 Å². The van der Waals surface area contributed by atoms with Gasteiger partial charge in [0.05, 0.1) is 0 Å². The van der Waals surface area contributed by atoms with E-state index in [0.717, 1.165) is 42.6 Å². The number of anilines is 1. The Morgan fingerprint density at radius 3 is 2.56 bits per heavy atom. The van der Waals surface area contributed by atoms with E-state index >= 15 is 0 Å². The van der Waals surface area contributed by atoms with Crippen LogP contribution < -0.4 is 10.6 Å². The van der Waals surface area contributed by atoms with Crippen molar-refractivity contribution in [3.05, 3.63) is 64.1 Å². The fourth-order valence-electron chi connectivity index (χ4n) is 3.15. The summed E-state index contributed by atoms with van der Waals surface area (Å²) in [6.45, 7) is 5.32. The number of nitrogens with one attached hydrogen (secondary N) is 2. The Morgan fingerprint density at radius 2 is 1.88 bits per heavy atom. The van der Waals surface area contributed by atoms with Crippen molar-refractivity contribution in [2.75, 3.05) is 18.4 Å². The van der Waals surface area contributed by atoms with Gasteiger partial charge in [0.1, 0.15) is 0 Å². The Hall–Kier alpha value is -1.43. The molecule has 0 aromatic heterocycles. The van der Waals surface area contributed by atoms with Crippen LogP contribution in [0.2, 0.25) is 0 Å². The molecule has 1 aliphatic heterocycles. The van der Waals surface area contributed by atoms with Gasteiger partial charge in [-0.3, -0.25) is 4.90 Å². The van der Waals surface area contributed by atoms with Gasteiger partial charge in [0.25, 0.3) is 0 Å². The zero-order valence-electron chi connectivity index (χ0n) is 14.5. The average molecular weight is 418 g/mol. The SMILES string of the molecule is Cc1cc(NC(=S)NC2CCN(Cc3ccccc3)CC2)ccc1Br. The standard InChI is InChI=1S/C20H24BrN3S/c1-15-13-18(7-8-19(15)21)23-20(25)22-17-9-11-24(12-10-17)14-16-5-3-2-4-6-16/h2-8,13,17H,9-12,14H2,1H3,(H2,22,23,25). The van der Waals surface area contributed by atoms with Crippen molar-refractivity contribution < 1.29 is 0 Å². The summed E-state index contributed by atoms with van der Waals surface area (Å²) in [5, 5.41) is 7.47. The topological polar surface area (TPSA) is 27.3 Å². The molecule has 0 radical (unpaired) electrons. The van der Waals surface area contributed by atoms with Crippen molar-refractivity contribution >= 4 is 38.9 Å². The van der Waals surface area contributed by atoms with Crippen LogP contribution in [0.5, 0.6) is 0 Å². The van der Waals surface area contributed by atoms with E-state index in [-0.39, 0.29) is 0 Å². The Morgan fingerprint density at radius 1 is 1.16 bits per heavy atom. The first-order valence-electron chi connectivity index (χ1n) is 8.70. The molecular weight excluding hydrogens is 394 g/mol. The molecule has 0 atom stereocenters. The van der Waals surface area contributed by atoms with Gasteiger partial charge in [-0.2, -0.15) is 0 Å². The third-order valence-electron chi connectivity index (χ3n) is 4.59. The van der Waals surface area contributed by atoms with Gasteiger partial charge >= 0.3 is 0 Å². The number of hydrogen-bond donors (Lipinski definition) is 2. The van der Waals surface area contributed by atoms with Crippen LogP contribution in [0.3, 0.4) is 0 Å². The summed E-state index contributed by atoms with van der Waals surface area (Å²) in [5.74, 6) is 0. The van der Waals surface area contributed by atoms with Gasteiger partial charge < -0.3 is 10.6 Å². The summed E-state index contributed by atoms with van der Waals surface area (Å²) >= 11 is 9.00. The average Bonchev–Trinajstić information content (AvgIpc) is 2.61. The Balaban J connectivity index is 1.43. The molecule has 0 aliphatic carbocycles. The molecule has 25 heavy (non-hydrogen) atoms. The largest absolute Gasteiger partial charge is 0.360 e. The highest BCUT2D eigenvalue weighted by Crippen LogP contribution is 2.20. The summed E-state index contributed by atoms with van der Waals surface area (Å²) < 4.78 is 1.11. The van der Waals surface area contributed by atoms with E-state index in [1.54, 1.807) is 0 Å². The molecule has 2 N–H and O–H groups in total. The third-order valence-corrected chi connectivity index (χ3v) is 5.70. The molecule has 1 aliphatic rings. The maximum absolute atomic E-state index is 5.48. The molecule has 1 fully saturated rings. The molecule has 3 nitrogen and oxygen atoms in total. The van der Waals surface area contributed by atoms with Crippen molar-refractivity contribution in [2.45, 2.75) is 32.4 Å². The summed E-state index contributed by atoms with van der Waals surface area (Å²) in [6, 6.07) is 17.3. The number of halogens is 1. The first-order chi connectivity index (χ1) is 12.1.